The summed E-state index contributed by atoms with van der Waals surface area (Å²) in [5.41, 5.74) is 8.96. The Bertz CT molecular complexity index is 761. The van der Waals surface area contributed by atoms with Gasteiger partial charge in [-0.15, -0.1) is 0 Å². The summed E-state index contributed by atoms with van der Waals surface area (Å²) in [4.78, 5) is 16.0. The lowest BCUT2D eigenvalue weighted by Crippen LogP contribution is -2.18. The van der Waals surface area contributed by atoms with Crippen LogP contribution in [0.2, 0.25) is 0 Å². The molecule has 0 atom stereocenters. The topological polar surface area (TPSA) is 76.2 Å². The van der Waals surface area contributed by atoms with Gasteiger partial charge in [-0.2, -0.15) is 0 Å². The van der Waals surface area contributed by atoms with E-state index < -0.39 is 5.91 Å². The molecule has 4 heteroatoms. The van der Waals surface area contributed by atoms with E-state index in [-0.39, 0.29) is 10.8 Å². The summed E-state index contributed by atoms with van der Waals surface area (Å²) >= 11 is 0. The number of amides is 1. The third kappa shape index (κ3) is 4.19. The minimum Gasteiger partial charge on any atom is -0.507 e. The van der Waals surface area contributed by atoms with Gasteiger partial charge in [0, 0.05) is 12.6 Å². The van der Waals surface area contributed by atoms with Crippen LogP contribution in [-0.2, 0) is 17.3 Å². The number of nitrogens with two attached hydrogens (primary N) is 1. The van der Waals surface area contributed by atoms with Gasteiger partial charge in [0.05, 0.1) is 11.3 Å². The summed E-state index contributed by atoms with van der Waals surface area (Å²) in [7, 11) is 0. The maximum absolute atomic E-state index is 11.7. The van der Waals surface area contributed by atoms with E-state index in [2.05, 4.69) is 46.5 Å². The maximum Gasteiger partial charge on any atom is 0.250 e. The molecule has 2 rings (SSSR count). The summed E-state index contributed by atoms with van der Waals surface area (Å²) in [6.45, 7) is 12.5. The van der Waals surface area contributed by atoms with Crippen molar-refractivity contribution >= 4 is 5.91 Å². The highest BCUT2D eigenvalue weighted by atomic mass is 16.3. The van der Waals surface area contributed by atoms with Crippen molar-refractivity contribution in [2.75, 3.05) is 0 Å². The highest BCUT2D eigenvalue weighted by Crippen LogP contribution is 2.40. The number of rotatable bonds is 3. The fourth-order valence-corrected chi connectivity index (χ4v) is 2.94. The third-order valence-corrected chi connectivity index (χ3v) is 4.31. The molecule has 0 saturated heterocycles. The number of carbonyl (C=O) groups excluding carboxylic acids is 1. The first-order valence-corrected chi connectivity index (χ1v) is 8.52. The van der Waals surface area contributed by atoms with Gasteiger partial charge in [-0.3, -0.25) is 9.78 Å². The molecule has 2 aromatic rings. The fourth-order valence-electron chi connectivity index (χ4n) is 2.94. The lowest BCUT2D eigenvalue weighted by Gasteiger charge is -2.28. The first-order valence-electron chi connectivity index (χ1n) is 8.52. The average molecular weight is 340 g/mol. The van der Waals surface area contributed by atoms with E-state index in [9.17, 15) is 9.90 Å². The zero-order chi connectivity index (χ0) is 19.0. The zero-order valence-electron chi connectivity index (χ0n) is 16.0. The van der Waals surface area contributed by atoms with Crippen molar-refractivity contribution in [2.24, 2.45) is 5.73 Å². The van der Waals surface area contributed by atoms with E-state index >= 15 is 0 Å². The van der Waals surface area contributed by atoms with E-state index in [0.717, 1.165) is 16.7 Å². The molecule has 0 aliphatic rings. The number of hydrogen-bond donors (Lipinski definition) is 2. The number of aromatic nitrogens is 1. The Kier molecular flexibility index (Phi) is 4.94. The Morgan fingerprint density at radius 1 is 1.08 bits per heavy atom. The van der Waals surface area contributed by atoms with Gasteiger partial charge in [-0.05, 0) is 39.7 Å². The molecule has 3 N–H and O–H groups in total. The molecular weight excluding hydrogens is 312 g/mol. The number of phenolic OH excluding ortho intramolecular Hbond substituents is 1. The number of aromatic hydroxyl groups is 1. The molecule has 1 aromatic heterocycles. The van der Waals surface area contributed by atoms with Gasteiger partial charge in [0.15, 0.2) is 0 Å². The third-order valence-electron chi connectivity index (χ3n) is 4.31. The molecule has 0 aliphatic carbocycles. The molecule has 1 amide bonds. The largest absolute Gasteiger partial charge is 0.507 e. The van der Waals surface area contributed by atoms with E-state index in [1.807, 2.05) is 12.1 Å². The predicted molar refractivity (Wildman–Crippen MR) is 101 cm³/mol. The molecule has 0 unspecified atom stereocenters. The Morgan fingerprint density at radius 2 is 1.60 bits per heavy atom. The summed E-state index contributed by atoms with van der Waals surface area (Å²) in [5.74, 6) is -0.131. The smallest absolute Gasteiger partial charge is 0.250 e. The Labute approximate surface area is 150 Å². The highest BCUT2D eigenvalue weighted by Gasteiger charge is 2.26. The normalized spacial score (nSPS) is 12.2. The molecular formula is C21H28N2O2. The number of pyridine rings is 1. The van der Waals surface area contributed by atoms with E-state index in [1.54, 1.807) is 18.3 Å². The Hall–Kier alpha value is -2.36. The standard InChI is InChI=1S/C21H28N2O2/c1-20(2,3)15-10-13(11-16(18(15)24)21(4,5)6)12-17-14(19(22)25)8-7-9-23-17/h7-11,24H,12H2,1-6H3,(H2,22,25). The molecule has 1 heterocycles. The average Bonchev–Trinajstić information content (AvgIpc) is 2.47. The van der Waals surface area contributed by atoms with Crippen LogP contribution in [0.5, 0.6) is 5.75 Å². The van der Waals surface area contributed by atoms with Gasteiger partial charge in [-0.25, -0.2) is 0 Å². The van der Waals surface area contributed by atoms with Crippen molar-refractivity contribution in [2.45, 2.75) is 58.8 Å². The molecule has 0 bridgehead atoms. The second-order valence-corrected chi connectivity index (χ2v) is 8.58. The monoisotopic (exact) mass is 340 g/mol. The van der Waals surface area contributed by atoms with Crippen LogP contribution in [0.3, 0.4) is 0 Å². The minimum atomic E-state index is -0.478. The number of nitrogens with zero attached hydrogens (tertiary/aromatic N) is 1. The minimum absolute atomic E-state index is 0.198. The Morgan fingerprint density at radius 3 is 2.04 bits per heavy atom. The second kappa shape index (κ2) is 6.51. The molecule has 0 saturated carbocycles. The van der Waals surface area contributed by atoms with Crippen LogP contribution in [0.25, 0.3) is 0 Å². The van der Waals surface area contributed by atoms with Gasteiger partial charge in [0.2, 0.25) is 0 Å². The molecule has 4 nitrogen and oxygen atoms in total. The number of phenols is 1. The molecule has 1 aromatic carbocycles. The summed E-state index contributed by atoms with van der Waals surface area (Å²) < 4.78 is 0. The van der Waals surface area contributed by atoms with Crippen LogP contribution in [0.1, 0.15) is 74.3 Å². The second-order valence-electron chi connectivity index (χ2n) is 8.58. The molecule has 25 heavy (non-hydrogen) atoms. The number of hydrogen-bond acceptors (Lipinski definition) is 3. The lowest BCUT2D eigenvalue weighted by atomic mass is 9.78. The number of carbonyl (C=O) groups is 1. The molecule has 0 aliphatic heterocycles. The van der Waals surface area contributed by atoms with Crippen molar-refractivity contribution in [3.63, 3.8) is 0 Å². The van der Waals surface area contributed by atoms with Crippen molar-refractivity contribution in [3.8, 4) is 5.75 Å². The maximum atomic E-state index is 11.7. The highest BCUT2D eigenvalue weighted by molar-refractivity contribution is 5.93. The van der Waals surface area contributed by atoms with Gasteiger partial charge in [0.1, 0.15) is 5.75 Å². The first-order chi connectivity index (χ1) is 11.4. The van der Waals surface area contributed by atoms with Crippen LogP contribution in [-0.4, -0.2) is 16.0 Å². The van der Waals surface area contributed by atoms with E-state index in [1.165, 1.54) is 0 Å². The summed E-state index contributed by atoms with van der Waals surface area (Å²) in [6, 6.07) is 7.41. The van der Waals surface area contributed by atoms with Crippen LogP contribution in [0, 0.1) is 0 Å². The number of primary amides is 1. The van der Waals surface area contributed by atoms with Gasteiger partial charge in [0.25, 0.3) is 5.91 Å². The number of benzene rings is 1. The molecule has 0 radical (unpaired) electrons. The summed E-state index contributed by atoms with van der Waals surface area (Å²) in [5, 5.41) is 10.8. The van der Waals surface area contributed by atoms with Crippen LogP contribution >= 0.6 is 0 Å². The lowest BCUT2D eigenvalue weighted by molar-refractivity contribution is 0.0999. The zero-order valence-corrected chi connectivity index (χ0v) is 16.0. The van der Waals surface area contributed by atoms with Crippen LogP contribution in [0.4, 0.5) is 0 Å². The van der Waals surface area contributed by atoms with Crippen molar-refractivity contribution in [3.05, 3.63) is 58.4 Å². The quantitative estimate of drug-likeness (QED) is 0.884. The van der Waals surface area contributed by atoms with Crippen LogP contribution < -0.4 is 5.73 Å². The SMILES string of the molecule is CC(C)(C)c1cc(Cc2ncccc2C(N)=O)cc(C(C)(C)C)c1O. The van der Waals surface area contributed by atoms with Crippen molar-refractivity contribution in [1.82, 2.24) is 4.98 Å². The molecule has 0 fully saturated rings. The predicted octanol–water partition coefficient (Wildman–Crippen LogP) is 4.07. The molecule has 0 spiro atoms. The van der Waals surface area contributed by atoms with Crippen molar-refractivity contribution < 1.29 is 9.90 Å². The Balaban J connectivity index is 2.62. The van der Waals surface area contributed by atoms with Crippen LogP contribution in [0.15, 0.2) is 30.5 Å². The molecule has 134 valence electrons. The van der Waals surface area contributed by atoms with Gasteiger partial charge < -0.3 is 10.8 Å². The summed E-state index contributed by atoms with van der Waals surface area (Å²) in [6.07, 6.45) is 2.16. The van der Waals surface area contributed by atoms with E-state index in [0.29, 0.717) is 23.4 Å². The van der Waals surface area contributed by atoms with E-state index in [4.69, 9.17) is 5.73 Å². The van der Waals surface area contributed by atoms with Crippen molar-refractivity contribution in [1.29, 1.82) is 0 Å². The fraction of sp³-hybridized carbons (Fsp3) is 0.429. The van der Waals surface area contributed by atoms with Gasteiger partial charge in [-0.1, -0.05) is 53.7 Å². The van der Waals surface area contributed by atoms with Gasteiger partial charge >= 0.3 is 0 Å². The first kappa shape index (κ1) is 19.0.